The van der Waals surface area contributed by atoms with E-state index >= 15 is 0 Å². The predicted octanol–water partition coefficient (Wildman–Crippen LogP) is 1.72. The SMILES string of the molecule is CCCCC[C@H](CC)NC(=O)[C@@H](N)CS. The zero-order chi connectivity index (χ0) is 11.7. The highest BCUT2D eigenvalue weighted by molar-refractivity contribution is 7.80. The van der Waals surface area contributed by atoms with Gasteiger partial charge in [0.25, 0.3) is 0 Å². The number of amides is 1. The van der Waals surface area contributed by atoms with Crippen LogP contribution >= 0.6 is 12.6 Å². The summed E-state index contributed by atoms with van der Waals surface area (Å²) >= 11 is 4.01. The molecule has 0 aromatic heterocycles. The van der Waals surface area contributed by atoms with E-state index in [-0.39, 0.29) is 11.9 Å². The summed E-state index contributed by atoms with van der Waals surface area (Å²) in [6.07, 6.45) is 5.63. The number of unbranched alkanes of at least 4 members (excludes halogenated alkanes) is 2. The lowest BCUT2D eigenvalue weighted by Gasteiger charge is -2.18. The number of hydrogen-bond acceptors (Lipinski definition) is 3. The summed E-state index contributed by atoms with van der Waals surface area (Å²) < 4.78 is 0. The van der Waals surface area contributed by atoms with Crippen molar-refractivity contribution in [3.8, 4) is 0 Å². The summed E-state index contributed by atoms with van der Waals surface area (Å²) in [5.41, 5.74) is 5.59. The number of hydrogen-bond donors (Lipinski definition) is 3. The second-order valence-corrected chi connectivity index (χ2v) is 4.26. The minimum atomic E-state index is -0.478. The Kier molecular flexibility index (Phi) is 8.91. The van der Waals surface area contributed by atoms with Crippen LogP contribution in [0.1, 0.15) is 46.0 Å². The molecule has 0 saturated carbocycles. The lowest BCUT2D eigenvalue weighted by molar-refractivity contribution is -0.122. The maximum absolute atomic E-state index is 11.5. The van der Waals surface area contributed by atoms with Crippen molar-refractivity contribution in [3.63, 3.8) is 0 Å². The van der Waals surface area contributed by atoms with Gasteiger partial charge in [-0.25, -0.2) is 0 Å². The molecular formula is C11H24N2OS. The first-order chi connectivity index (χ1) is 7.15. The van der Waals surface area contributed by atoms with E-state index in [0.717, 1.165) is 12.8 Å². The number of nitrogens with one attached hydrogen (secondary N) is 1. The molecule has 0 aliphatic heterocycles. The van der Waals surface area contributed by atoms with Crippen LogP contribution in [0.25, 0.3) is 0 Å². The van der Waals surface area contributed by atoms with Gasteiger partial charge in [0.2, 0.25) is 5.91 Å². The van der Waals surface area contributed by atoms with Crippen LogP contribution in [0.2, 0.25) is 0 Å². The average Bonchev–Trinajstić information content (AvgIpc) is 2.26. The molecular weight excluding hydrogens is 208 g/mol. The number of nitrogens with two attached hydrogens (primary N) is 1. The van der Waals surface area contributed by atoms with Crippen molar-refractivity contribution in [3.05, 3.63) is 0 Å². The molecule has 2 atom stereocenters. The summed E-state index contributed by atoms with van der Waals surface area (Å²) in [6.45, 7) is 4.26. The maximum atomic E-state index is 11.5. The molecule has 0 aliphatic rings. The monoisotopic (exact) mass is 232 g/mol. The van der Waals surface area contributed by atoms with E-state index in [1.807, 2.05) is 0 Å². The third-order valence-corrected chi connectivity index (χ3v) is 2.92. The van der Waals surface area contributed by atoms with E-state index in [0.29, 0.717) is 5.75 Å². The van der Waals surface area contributed by atoms with Crippen molar-refractivity contribution in [1.29, 1.82) is 0 Å². The molecule has 0 spiro atoms. The first kappa shape index (κ1) is 14.8. The van der Waals surface area contributed by atoms with Crippen LogP contribution < -0.4 is 11.1 Å². The lowest BCUT2D eigenvalue weighted by Crippen LogP contribution is -2.46. The minimum Gasteiger partial charge on any atom is -0.352 e. The van der Waals surface area contributed by atoms with Crippen molar-refractivity contribution >= 4 is 18.5 Å². The van der Waals surface area contributed by atoms with Crippen molar-refractivity contribution in [1.82, 2.24) is 5.32 Å². The Labute approximate surface area is 98.6 Å². The highest BCUT2D eigenvalue weighted by Gasteiger charge is 2.15. The van der Waals surface area contributed by atoms with Gasteiger partial charge in [0.05, 0.1) is 6.04 Å². The maximum Gasteiger partial charge on any atom is 0.237 e. The fourth-order valence-corrected chi connectivity index (χ4v) is 1.58. The van der Waals surface area contributed by atoms with E-state index in [9.17, 15) is 4.79 Å². The van der Waals surface area contributed by atoms with Crippen molar-refractivity contribution in [2.24, 2.45) is 5.73 Å². The molecule has 3 nitrogen and oxygen atoms in total. The Bertz CT molecular complexity index is 176. The van der Waals surface area contributed by atoms with Crippen LogP contribution in [-0.4, -0.2) is 23.7 Å². The van der Waals surface area contributed by atoms with Crippen LogP contribution in [0.3, 0.4) is 0 Å². The molecule has 90 valence electrons. The highest BCUT2D eigenvalue weighted by Crippen LogP contribution is 2.06. The Balaban J connectivity index is 3.82. The molecule has 0 bridgehead atoms. The fourth-order valence-electron chi connectivity index (χ4n) is 1.41. The molecule has 1 amide bonds. The quantitative estimate of drug-likeness (QED) is 0.441. The summed E-state index contributed by atoms with van der Waals surface area (Å²) in [7, 11) is 0. The molecule has 4 heteroatoms. The summed E-state index contributed by atoms with van der Waals surface area (Å²) in [5, 5.41) is 2.96. The molecule has 3 N–H and O–H groups in total. The minimum absolute atomic E-state index is 0.0756. The van der Waals surface area contributed by atoms with Crippen LogP contribution in [0.15, 0.2) is 0 Å². The molecule has 0 aliphatic carbocycles. The average molecular weight is 232 g/mol. The Morgan fingerprint density at radius 2 is 2.07 bits per heavy atom. The van der Waals surface area contributed by atoms with Crippen LogP contribution in [0.5, 0.6) is 0 Å². The third-order valence-electron chi connectivity index (χ3n) is 2.53. The number of carbonyl (C=O) groups excluding carboxylic acids is 1. The first-order valence-electron chi connectivity index (χ1n) is 5.82. The fraction of sp³-hybridized carbons (Fsp3) is 0.909. The first-order valence-corrected chi connectivity index (χ1v) is 6.45. The van der Waals surface area contributed by atoms with E-state index in [4.69, 9.17) is 5.73 Å². The Morgan fingerprint density at radius 3 is 2.53 bits per heavy atom. The van der Waals surface area contributed by atoms with E-state index in [1.165, 1.54) is 19.3 Å². The molecule has 0 aromatic rings. The van der Waals surface area contributed by atoms with Gasteiger partial charge in [-0.15, -0.1) is 0 Å². The predicted molar refractivity (Wildman–Crippen MR) is 68.2 cm³/mol. The Hall–Kier alpha value is -0.220. The van der Waals surface area contributed by atoms with Crippen molar-refractivity contribution < 1.29 is 4.79 Å². The molecule has 0 unspecified atom stereocenters. The van der Waals surface area contributed by atoms with Gasteiger partial charge in [-0.2, -0.15) is 12.6 Å². The van der Waals surface area contributed by atoms with Crippen molar-refractivity contribution in [2.45, 2.75) is 58.0 Å². The molecule has 0 saturated heterocycles. The second kappa shape index (κ2) is 9.04. The molecule has 15 heavy (non-hydrogen) atoms. The third kappa shape index (κ3) is 6.79. The number of thiol groups is 1. The largest absolute Gasteiger partial charge is 0.352 e. The molecule has 0 rings (SSSR count). The summed E-state index contributed by atoms with van der Waals surface area (Å²) in [6, 6.07) is -0.205. The standard InChI is InChI=1S/C11H24N2OS/c1-3-5-6-7-9(4-2)13-11(14)10(12)8-15/h9-10,15H,3-8,12H2,1-2H3,(H,13,14)/t9-,10-/m0/s1. The van der Waals surface area contributed by atoms with Crippen LogP contribution in [-0.2, 0) is 4.79 Å². The second-order valence-electron chi connectivity index (χ2n) is 3.90. The van der Waals surface area contributed by atoms with Gasteiger partial charge < -0.3 is 11.1 Å². The van der Waals surface area contributed by atoms with Gasteiger partial charge in [0, 0.05) is 11.8 Å². The van der Waals surface area contributed by atoms with Crippen molar-refractivity contribution in [2.75, 3.05) is 5.75 Å². The normalized spacial score (nSPS) is 14.7. The van der Waals surface area contributed by atoms with E-state index < -0.39 is 6.04 Å². The molecule has 0 radical (unpaired) electrons. The summed E-state index contributed by atoms with van der Waals surface area (Å²) in [4.78, 5) is 11.5. The number of rotatable bonds is 8. The van der Waals surface area contributed by atoms with Gasteiger partial charge in [-0.1, -0.05) is 33.1 Å². The van der Waals surface area contributed by atoms with E-state index in [1.54, 1.807) is 0 Å². The van der Waals surface area contributed by atoms with Crippen LogP contribution in [0.4, 0.5) is 0 Å². The van der Waals surface area contributed by atoms with Gasteiger partial charge in [-0.3, -0.25) is 4.79 Å². The van der Waals surface area contributed by atoms with Gasteiger partial charge in [0.15, 0.2) is 0 Å². The van der Waals surface area contributed by atoms with Crippen LogP contribution in [0, 0.1) is 0 Å². The molecule has 0 fully saturated rings. The topological polar surface area (TPSA) is 55.1 Å². The lowest BCUT2D eigenvalue weighted by atomic mass is 10.1. The highest BCUT2D eigenvalue weighted by atomic mass is 32.1. The smallest absolute Gasteiger partial charge is 0.237 e. The number of carbonyl (C=O) groups is 1. The zero-order valence-corrected chi connectivity index (χ0v) is 10.7. The van der Waals surface area contributed by atoms with E-state index in [2.05, 4.69) is 31.8 Å². The zero-order valence-electron chi connectivity index (χ0n) is 9.83. The van der Waals surface area contributed by atoms with Gasteiger partial charge in [0.1, 0.15) is 0 Å². The molecule has 0 heterocycles. The summed E-state index contributed by atoms with van der Waals surface area (Å²) in [5.74, 6) is 0.324. The Morgan fingerprint density at radius 1 is 1.40 bits per heavy atom. The van der Waals surface area contributed by atoms with Gasteiger partial charge in [-0.05, 0) is 12.8 Å². The van der Waals surface area contributed by atoms with Gasteiger partial charge >= 0.3 is 0 Å². The molecule has 0 aromatic carbocycles.